The van der Waals surface area contributed by atoms with E-state index in [1.807, 2.05) is 6.07 Å². The summed E-state index contributed by atoms with van der Waals surface area (Å²) in [6.45, 7) is 3.22. The minimum Gasteiger partial charge on any atom is -0.479 e. The molecule has 2 N–H and O–H groups in total. The predicted octanol–water partition coefficient (Wildman–Crippen LogP) is 2.93. The van der Waals surface area contributed by atoms with Crippen molar-refractivity contribution < 1.29 is 23.9 Å². The second kappa shape index (κ2) is 10.5. The Bertz CT molecular complexity index is 629. The van der Waals surface area contributed by atoms with E-state index in [1.165, 1.54) is 13.3 Å². The summed E-state index contributed by atoms with van der Waals surface area (Å²) in [7, 11) is 0. The fraction of sp³-hybridized carbons (Fsp3) is 0.550. The number of nitrogens with one attached hydrogen (secondary N) is 2. The molecule has 0 aliphatic heterocycles. The second-order valence-electron chi connectivity index (χ2n) is 6.70. The summed E-state index contributed by atoms with van der Waals surface area (Å²) >= 11 is 0. The number of carbonyl (C=O) groups excluding carboxylic acids is 3. The van der Waals surface area contributed by atoms with E-state index in [4.69, 9.17) is 9.47 Å². The fourth-order valence-electron chi connectivity index (χ4n) is 2.95. The summed E-state index contributed by atoms with van der Waals surface area (Å²) in [6.07, 6.45) is 3.64. The molecule has 7 nitrogen and oxygen atoms in total. The molecule has 0 aromatic heterocycles. The van der Waals surface area contributed by atoms with E-state index in [0.29, 0.717) is 12.2 Å². The lowest BCUT2D eigenvalue weighted by Gasteiger charge is -2.23. The summed E-state index contributed by atoms with van der Waals surface area (Å²) in [6, 6.07) is 8.46. The third-order valence-electron chi connectivity index (χ3n) is 4.49. The number of hydrogen-bond acceptors (Lipinski definition) is 5. The molecule has 148 valence electrons. The maximum absolute atomic E-state index is 12.3. The molecule has 1 aromatic rings. The lowest BCUT2D eigenvalue weighted by Crippen LogP contribution is -2.48. The zero-order valence-electron chi connectivity index (χ0n) is 15.9. The lowest BCUT2D eigenvalue weighted by atomic mass is 9.96. The number of rotatable bonds is 7. The van der Waals surface area contributed by atoms with Gasteiger partial charge in [-0.25, -0.2) is 9.59 Å². The number of benzene rings is 1. The van der Waals surface area contributed by atoms with Crippen molar-refractivity contribution in [3.8, 4) is 5.75 Å². The van der Waals surface area contributed by atoms with Crippen LogP contribution in [0.4, 0.5) is 4.79 Å². The molecule has 3 amide bonds. The maximum Gasteiger partial charge on any atom is 0.348 e. The van der Waals surface area contributed by atoms with Crippen LogP contribution in [0, 0.1) is 0 Å². The van der Waals surface area contributed by atoms with Crippen molar-refractivity contribution in [2.24, 2.45) is 0 Å². The van der Waals surface area contributed by atoms with Crippen LogP contribution < -0.4 is 15.4 Å². The number of imide groups is 1. The van der Waals surface area contributed by atoms with Gasteiger partial charge >= 0.3 is 12.0 Å². The van der Waals surface area contributed by atoms with Crippen LogP contribution in [-0.2, 0) is 14.3 Å². The number of esters is 1. The minimum atomic E-state index is -1.09. The number of hydrogen-bond donors (Lipinski definition) is 2. The molecular weight excluding hydrogens is 348 g/mol. The Morgan fingerprint density at radius 1 is 1.11 bits per heavy atom. The van der Waals surface area contributed by atoms with E-state index in [9.17, 15) is 14.4 Å². The van der Waals surface area contributed by atoms with Gasteiger partial charge in [0.15, 0.2) is 12.2 Å². The maximum atomic E-state index is 12.3. The van der Waals surface area contributed by atoms with Crippen molar-refractivity contribution in [2.75, 3.05) is 0 Å². The molecule has 27 heavy (non-hydrogen) atoms. The van der Waals surface area contributed by atoms with Gasteiger partial charge in [0.25, 0.3) is 5.91 Å². The molecule has 0 bridgehead atoms. The predicted molar refractivity (Wildman–Crippen MR) is 100 cm³/mol. The highest BCUT2D eigenvalue weighted by molar-refractivity contribution is 5.97. The first-order chi connectivity index (χ1) is 13.0. The molecule has 2 rings (SSSR count). The molecule has 7 heteroatoms. The Balaban J connectivity index is 1.79. The van der Waals surface area contributed by atoms with Crippen LogP contribution >= 0.6 is 0 Å². The smallest absolute Gasteiger partial charge is 0.348 e. The van der Waals surface area contributed by atoms with E-state index < -0.39 is 30.1 Å². The summed E-state index contributed by atoms with van der Waals surface area (Å²) in [4.78, 5) is 36.3. The van der Waals surface area contributed by atoms with Crippen molar-refractivity contribution in [3.05, 3.63) is 30.3 Å². The highest BCUT2D eigenvalue weighted by Gasteiger charge is 2.26. The van der Waals surface area contributed by atoms with Crippen molar-refractivity contribution in [1.82, 2.24) is 10.6 Å². The Morgan fingerprint density at radius 3 is 2.41 bits per heavy atom. The van der Waals surface area contributed by atoms with Crippen molar-refractivity contribution >= 4 is 17.9 Å². The molecule has 1 aliphatic carbocycles. The SMILES string of the molecule is CC[C@@H](Oc1ccccc1)C(=O)O[C@H](C)C(=O)NC(=O)NC1CCCCC1. The van der Waals surface area contributed by atoms with Gasteiger partial charge in [-0.05, 0) is 38.3 Å². The van der Waals surface area contributed by atoms with E-state index in [1.54, 1.807) is 31.2 Å². The van der Waals surface area contributed by atoms with Crippen molar-refractivity contribution in [2.45, 2.75) is 70.6 Å². The van der Waals surface area contributed by atoms with E-state index in [0.717, 1.165) is 25.7 Å². The third kappa shape index (κ3) is 6.92. The standard InChI is InChI=1S/C20H28N2O5/c1-3-17(27-16-12-8-5-9-13-16)19(24)26-14(2)18(23)22-20(25)21-15-10-6-4-7-11-15/h5,8-9,12-15,17H,3-4,6-7,10-11H2,1-2H3,(H2,21,22,23,25)/t14-,17-/m1/s1. The van der Waals surface area contributed by atoms with Crippen LogP contribution in [0.2, 0.25) is 0 Å². The van der Waals surface area contributed by atoms with Gasteiger partial charge < -0.3 is 14.8 Å². The Hall–Kier alpha value is -2.57. The molecule has 1 saturated carbocycles. The lowest BCUT2D eigenvalue weighted by molar-refractivity contribution is -0.161. The number of carbonyl (C=O) groups is 3. The van der Waals surface area contributed by atoms with Crippen LogP contribution in [0.5, 0.6) is 5.75 Å². The number of ether oxygens (including phenoxy) is 2. The van der Waals surface area contributed by atoms with Gasteiger partial charge in [0.2, 0.25) is 0 Å². The summed E-state index contributed by atoms with van der Waals surface area (Å²) in [5, 5.41) is 5.02. The first-order valence-electron chi connectivity index (χ1n) is 9.53. The highest BCUT2D eigenvalue weighted by atomic mass is 16.6. The van der Waals surface area contributed by atoms with E-state index >= 15 is 0 Å². The first kappa shape index (κ1) is 20.7. The number of amides is 3. The van der Waals surface area contributed by atoms with Gasteiger partial charge in [-0.3, -0.25) is 10.1 Å². The average molecular weight is 376 g/mol. The van der Waals surface area contributed by atoms with Gasteiger partial charge in [-0.2, -0.15) is 0 Å². The first-order valence-corrected chi connectivity index (χ1v) is 9.53. The van der Waals surface area contributed by atoms with Crippen LogP contribution in [0.15, 0.2) is 30.3 Å². The van der Waals surface area contributed by atoms with Crippen LogP contribution in [0.1, 0.15) is 52.4 Å². The monoisotopic (exact) mass is 376 g/mol. The largest absolute Gasteiger partial charge is 0.479 e. The average Bonchev–Trinajstić information content (AvgIpc) is 2.67. The molecule has 1 aliphatic rings. The molecule has 0 saturated heterocycles. The molecule has 1 fully saturated rings. The molecular formula is C20H28N2O5. The highest BCUT2D eigenvalue weighted by Crippen LogP contribution is 2.17. The summed E-state index contributed by atoms with van der Waals surface area (Å²) < 4.78 is 10.8. The van der Waals surface area contributed by atoms with Crippen LogP contribution in [0.25, 0.3) is 0 Å². The van der Waals surface area contributed by atoms with Gasteiger partial charge in [0.1, 0.15) is 5.75 Å². The topological polar surface area (TPSA) is 93.7 Å². The van der Waals surface area contributed by atoms with Crippen LogP contribution in [0.3, 0.4) is 0 Å². The molecule has 0 spiro atoms. The zero-order valence-corrected chi connectivity index (χ0v) is 15.9. The van der Waals surface area contributed by atoms with Crippen molar-refractivity contribution in [3.63, 3.8) is 0 Å². The molecule has 1 aromatic carbocycles. The third-order valence-corrected chi connectivity index (χ3v) is 4.49. The zero-order chi connectivity index (χ0) is 19.6. The Morgan fingerprint density at radius 2 is 1.78 bits per heavy atom. The second-order valence-corrected chi connectivity index (χ2v) is 6.70. The fourth-order valence-corrected chi connectivity index (χ4v) is 2.95. The van der Waals surface area contributed by atoms with Gasteiger partial charge in [0, 0.05) is 6.04 Å². The Kier molecular flexibility index (Phi) is 8.10. The Labute approximate surface area is 159 Å². The molecule has 0 radical (unpaired) electrons. The molecule has 0 unspecified atom stereocenters. The molecule has 0 heterocycles. The van der Waals surface area contributed by atoms with E-state index in [2.05, 4.69) is 10.6 Å². The quantitative estimate of drug-likeness (QED) is 0.714. The van der Waals surface area contributed by atoms with E-state index in [-0.39, 0.29) is 6.04 Å². The molecule has 2 atom stereocenters. The number of para-hydroxylation sites is 1. The number of urea groups is 1. The normalized spacial score (nSPS) is 16.7. The van der Waals surface area contributed by atoms with Crippen molar-refractivity contribution in [1.29, 1.82) is 0 Å². The van der Waals surface area contributed by atoms with Gasteiger partial charge in [-0.15, -0.1) is 0 Å². The summed E-state index contributed by atoms with van der Waals surface area (Å²) in [5.74, 6) is -0.756. The van der Waals surface area contributed by atoms with Crippen LogP contribution in [-0.4, -0.2) is 36.2 Å². The van der Waals surface area contributed by atoms with Gasteiger partial charge in [-0.1, -0.05) is 44.4 Å². The minimum absolute atomic E-state index is 0.0909. The van der Waals surface area contributed by atoms with Gasteiger partial charge in [0.05, 0.1) is 0 Å². The summed E-state index contributed by atoms with van der Waals surface area (Å²) in [5.41, 5.74) is 0.